The number of rotatable bonds is 4. The van der Waals surface area contributed by atoms with Gasteiger partial charge in [0.15, 0.2) is 0 Å². The van der Waals surface area contributed by atoms with Gasteiger partial charge in [0, 0.05) is 28.1 Å². The zero-order valence-electron chi connectivity index (χ0n) is 6.44. The van der Waals surface area contributed by atoms with Crippen LogP contribution in [0.3, 0.4) is 0 Å². The summed E-state index contributed by atoms with van der Waals surface area (Å²) in [5, 5.41) is 0. The van der Waals surface area contributed by atoms with Crippen molar-refractivity contribution in [1.29, 1.82) is 0 Å². The molecule has 0 heterocycles. The molecule has 0 spiro atoms. The maximum absolute atomic E-state index is 10.6. The second-order valence-corrected chi connectivity index (χ2v) is 2.17. The Hall–Kier alpha value is 0.0543. The minimum absolute atomic E-state index is 0. The van der Waals surface area contributed by atoms with Crippen molar-refractivity contribution in [2.24, 2.45) is 0 Å². The fraction of sp³-hybridized carbons (Fsp3) is 0.714. The summed E-state index contributed by atoms with van der Waals surface area (Å²) >= 11 is 0. The van der Waals surface area contributed by atoms with Crippen molar-refractivity contribution in [2.75, 3.05) is 0 Å². The van der Waals surface area contributed by atoms with Crippen LogP contribution in [-0.2, 0) is 31.3 Å². The Balaban J connectivity index is 0. The third-order valence-electron chi connectivity index (χ3n) is 0.975. The SMILES string of the molecule is CCCC(=O)CC(C)=O.[Ti]. The van der Waals surface area contributed by atoms with Crippen LogP contribution in [0.5, 0.6) is 0 Å². The molecule has 0 N–H and O–H groups in total. The van der Waals surface area contributed by atoms with E-state index in [2.05, 4.69) is 0 Å². The summed E-state index contributed by atoms with van der Waals surface area (Å²) in [6, 6.07) is 0. The third kappa shape index (κ3) is 8.05. The normalized spacial score (nSPS) is 8.20. The topological polar surface area (TPSA) is 34.1 Å². The van der Waals surface area contributed by atoms with Crippen LogP contribution in [-0.4, -0.2) is 11.6 Å². The molecule has 0 rings (SSSR count). The fourth-order valence-corrected chi connectivity index (χ4v) is 0.645. The standard InChI is InChI=1S/C7H12O2.Ti/c1-3-4-7(9)5-6(2)8;/h3-5H2,1-2H3;. The van der Waals surface area contributed by atoms with Gasteiger partial charge >= 0.3 is 0 Å². The molecule has 0 aromatic rings. The van der Waals surface area contributed by atoms with E-state index in [1.54, 1.807) is 0 Å². The molecule has 0 amide bonds. The van der Waals surface area contributed by atoms with E-state index in [1.807, 2.05) is 6.92 Å². The van der Waals surface area contributed by atoms with Gasteiger partial charge in [0.25, 0.3) is 0 Å². The van der Waals surface area contributed by atoms with Gasteiger partial charge in [-0.15, -0.1) is 0 Å². The summed E-state index contributed by atoms with van der Waals surface area (Å²) < 4.78 is 0. The maximum Gasteiger partial charge on any atom is 0.140 e. The molecule has 0 saturated carbocycles. The van der Waals surface area contributed by atoms with Gasteiger partial charge in [0.1, 0.15) is 11.6 Å². The molecule has 56 valence electrons. The Morgan fingerprint density at radius 3 is 2.10 bits per heavy atom. The van der Waals surface area contributed by atoms with Crippen LogP contribution in [0, 0.1) is 0 Å². The van der Waals surface area contributed by atoms with Gasteiger partial charge in [-0.1, -0.05) is 6.92 Å². The first-order chi connectivity index (χ1) is 4.16. The Morgan fingerprint density at radius 2 is 1.80 bits per heavy atom. The van der Waals surface area contributed by atoms with Crippen LogP contribution >= 0.6 is 0 Å². The van der Waals surface area contributed by atoms with Gasteiger partial charge in [-0.2, -0.15) is 0 Å². The number of hydrogen-bond acceptors (Lipinski definition) is 2. The molecule has 0 aliphatic rings. The minimum atomic E-state index is -0.0338. The van der Waals surface area contributed by atoms with Gasteiger partial charge in [-0.25, -0.2) is 0 Å². The van der Waals surface area contributed by atoms with E-state index in [4.69, 9.17) is 0 Å². The zero-order valence-corrected chi connectivity index (χ0v) is 8.00. The van der Waals surface area contributed by atoms with Crippen LogP contribution in [0.1, 0.15) is 33.1 Å². The average Bonchev–Trinajstić information content (AvgIpc) is 1.63. The van der Waals surface area contributed by atoms with E-state index >= 15 is 0 Å². The molecule has 0 bridgehead atoms. The van der Waals surface area contributed by atoms with Gasteiger partial charge in [-0.05, 0) is 13.3 Å². The molecule has 0 aromatic carbocycles. The van der Waals surface area contributed by atoms with Gasteiger partial charge in [0.05, 0.1) is 6.42 Å². The summed E-state index contributed by atoms with van der Waals surface area (Å²) in [7, 11) is 0. The Kier molecular flexibility index (Phi) is 9.10. The second-order valence-electron chi connectivity index (χ2n) is 2.17. The molecule has 2 nitrogen and oxygen atoms in total. The van der Waals surface area contributed by atoms with E-state index in [9.17, 15) is 9.59 Å². The summed E-state index contributed by atoms with van der Waals surface area (Å²) in [4.78, 5) is 20.9. The summed E-state index contributed by atoms with van der Waals surface area (Å²) in [5.41, 5.74) is 0. The van der Waals surface area contributed by atoms with Gasteiger partial charge < -0.3 is 0 Å². The monoisotopic (exact) mass is 176 g/mol. The maximum atomic E-state index is 10.6. The van der Waals surface area contributed by atoms with Crippen molar-refractivity contribution in [3.63, 3.8) is 0 Å². The van der Waals surface area contributed by atoms with E-state index in [0.717, 1.165) is 6.42 Å². The van der Waals surface area contributed by atoms with Crippen molar-refractivity contribution < 1.29 is 31.3 Å². The number of Topliss-reactive ketones (excluding diaryl/α,β-unsaturated/α-hetero) is 2. The second kappa shape index (κ2) is 7.16. The van der Waals surface area contributed by atoms with E-state index in [1.165, 1.54) is 6.92 Å². The number of carbonyl (C=O) groups excluding carboxylic acids is 2. The summed E-state index contributed by atoms with van der Waals surface area (Å²) in [6.07, 6.45) is 1.50. The largest absolute Gasteiger partial charge is 0.300 e. The van der Waals surface area contributed by atoms with E-state index in [0.29, 0.717) is 6.42 Å². The van der Waals surface area contributed by atoms with Crippen LogP contribution in [0.4, 0.5) is 0 Å². The number of hydrogen-bond donors (Lipinski definition) is 0. The third-order valence-corrected chi connectivity index (χ3v) is 0.975. The van der Waals surface area contributed by atoms with Crippen LogP contribution < -0.4 is 0 Å². The average molecular weight is 176 g/mol. The molecule has 10 heavy (non-hydrogen) atoms. The van der Waals surface area contributed by atoms with E-state index < -0.39 is 0 Å². The van der Waals surface area contributed by atoms with Gasteiger partial charge in [-0.3, -0.25) is 9.59 Å². The van der Waals surface area contributed by atoms with Crippen molar-refractivity contribution in [1.82, 2.24) is 0 Å². The Bertz CT molecular complexity index is 121. The van der Waals surface area contributed by atoms with Crippen LogP contribution in [0.15, 0.2) is 0 Å². The molecular weight excluding hydrogens is 164 g/mol. The zero-order chi connectivity index (χ0) is 7.28. The minimum Gasteiger partial charge on any atom is -0.300 e. The van der Waals surface area contributed by atoms with Crippen molar-refractivity contribution >= 4 is 11.6 Å². The molecule has 3 heteroatoms. The van der Waals surface area contributed by atoms with Crippen LogP contribution in [0.2, 0.25) is 0 Å². The van der Waals surface area contributed by atoms with Crippen molar-refractivity contribution in [2.45, 2.75) is 33.1 Å². The van der Waals surface area contributed by atoms with E-state index in [-0.39, 0.29) is 39.7 Å². The molecule has 0 saturated heterocycles. The van der Waals surface area contributed by atoms with Crippen molar-refractivity contribution in [3.05, 3.63) is 0 Å². The summed E-state index contributed by atoms with van der Waals surface area (Å²) in [5.74, 6) is 0.0263. The molecular formula is C7H12O2Ti. The molecule has 0 fully saturated rings. The molecule has 0 aliphatic heterocycles. The first kappa shape index (κ1) is 12.7. The van der Waals surface area contributed by atoms with Crippen molar-refractivity contribution in [3.8, 4) is 0 Å². The quantitative estimate of drug-likeness (QED) is 0.478. The molecule has 0 aromatic heterocycles. The number of ketones is 2. The molecule has 0 atom stereocenters. The molecule has 0 unspecified atom stereocenters. The van der Waals surface area contributed by atoms with Crippen LogP contribution in [0.25, 0.3) is 0 Å². The summed E-state index contributed by atoms with van der Waals surface area (Å²) in [6.45, 7) is 3.37. The Morgan fingerprint density at radius 1 is 1.30 bits per heavy atom. The Labute approximate surface area is 76.3 Å². The fourth-order valence-electron chi connectivity index (χ4n) is 0.645. The molecule has 0 aliphatic carbocycles. The molecule has 0 radical (unpaired) electrons. The first-order valence-electron chi connectivity index (χ1n) is 3.18. The smallest absolute Gasteiger partial charge is 0.140 e. The predicted octanol–water partition coefficient (Wildman–Crippen LogP) is 1.33. The van der Waals surface area contributed by atoms with Gasteiger partial charge in [0.2, 0.25) is 0 Å². The first-order valence-corrected chi connectivity index (χ1v) is 3.18. The number of carbonyl (C=O) groups is 2. The predicted molar refractivity (Wildman–Crippen MR) is 35.2 cm³/mol.